The van der Waals surface area contributed by atoms with E-state index >= 15 is 0 Å². The number of rotatable bonds is 14. The van der Waals surface area contributed by atoms with Crippen LogP contribution in [0.1, 0.15) is 84.0 Å². The highest BCUT2D eigenvalue weighted by Crippen LogP contribution is 2.15. The minimum atomic E-state index is -0.0865. The maximum absolute atomic E-state index is 10.9. The molecule has 0 saturated carbocycles. The standard InChI is InChI=1S/C17H34O3/c1-4-5-6-10-13-16(19-2)14-11-8-7-9-12-15-17(18)20-3/h16H,4-15H2,1-3H3. The maximum Gasteiger partial charge on any atom is 0.305 e. The van der Waals surface area contributed by atoms with Crippen molar-refractivity contribution in [3.63, 3.8) is 0 Å². The van der Waals surface area contributed by atoms with E-state index in [1.165, 1.54) is 64.9 Å². The van der Waals surface area contributed by atoms with Crippen LogP contribution in [0.4, 0.5) is 0 Å². The van der Waals surface area contributed by atoms with Crippen molar-refractivity contribution in [2.24, 2.45) is 0 Å². The van der Waals surface area contributed by atoms with Gasteiger partial charge < -0.3 is 9.47 Å². The van der Waals surface area contributed by atoms with Gasteiger partial charge in [-0.25, -0.2) is 0 Å². The van der Waals surface area contributed by atoms with Crippen LogP contribution in [0.5, 0.6) is 0 Å². The molecule has 0 bridgehead atoms. The van der Waals surface area contributed by atoms with E-state index in [4.69, 9.17) is 4.74 Å². The fourth-order valence-corrected chi connectivity index (χ4v) is 2.45. The molecule has 120 valence electrons. The summed E-state index contributed by atoms with van der Waals surface area (Å²) in [4.78, 5) is 10.9. The number of ether oxygens (including phenoxy) is 2. The summed E-state index contributed by atoms with van der Waals surface area (Å²) in [6.07, 6.45) is 14.5. The molecular formula is C17H34O3. The number of carbonyl (C=O) groups excluding carboxylic acids is 1. The van der Waals surface area contributed by atoms with Gasteiger partial charge in [0.2, 0.25) is 0 Å². The molecular weight excluding hydrogens is 252 g/mol. The Labute approximate surface area is 125 Å². The molecule has 0 aromatic carbocycles. The fourth-order valence-electron chi connectivity index (χ4n) is 2.45. The molecule has 0 heterocycles. The van der Waals surface area contributed by atoms with Crippen LogP contribution in [0.3, 0.4) is 0 Å². The zero-order chi connectivity index (χ0) is 15.1. The molecule has 3 heteroatoms. The van der Waals surface area contributed by atoms with Crippen LogP contribution < -0.4 is 0 Å². The molecule has 0 amide bonds. The highest BCUT2D eigenvalue weighted by atomic mass is 16.5. The summed E-state index contributed by atoms with van der Waals surface area (Å²) in [5.41, 5.74) is 0. The first-order valence-corrected chi connectivity index (χ1v) is 8.34. The van der Waals surface area contributed by atoms with Crippen LogP contribution in [-0.4, -0.2) is 26.3 Å². The summed E-state index contributed by atoms with van der Waals surface area (Å²) < 4.78 is 10.2. The van der Waals surface area contributed by atoms with Crippen molar-refractivity contribution >= 4 is 5.97 Å². The van der Waals surface area contributed by atoms with E-state index in [1.54, 1.807) is 0 Å². The number of carbonyl (C=O) groups is 1. The van der Waals surface area contributed by atoms with E-state index in [0.717, 1.165) is 12.8 Å². The molecule has 0 aliphatic heterocycles. The van der Waals surface area contributed by atoms with Gasteiger partial charge in [-0.1, -0.05) is 58.3 Å². The Balaban J connectivity index is 3.35. The van der Waals surface area contributed by atoms with E-state index in [-0.39, 0.29) is 5.97 Å². The van der Waals surface area contributed by atoms with Crippen molar-refractivity contribution in [2.75, 3.05) is 14.2 Å². The molecule has 0 saturated heterocycles. The number of hydrogen-bond acceptors (Lipinski definition) is 3. The summed E-state index contributed by atoms with van der Waals surface area (Å²) in [7, 11) is 3.29. The summed E-state index contributed by atoms with van der Waals surface area (Å²) in [5.74, 6) is -0.0865. The lowest BCUT2D eigenvalue weighted by molar-refractivity contribution is -0.140. The largest absolute Gasteiger partial charge is 0.469 e. The van der Waals surface area contributed by atoms with Crippen molar-refractivity contribution < 1.29 is 14.3 Å². The minimum Gasteiger partial charge on any atom is -0.469 e. The lowest BCUT2D eigenvalue weighted by atomic mass is 10.0. The smallest absolute Gasteiger partial charge is 0.305 e. The summed E-state index contributed by atoms with van der Waals surface area (Å²) >= 11 is 0. The van der Waals surface area contributed by atoms with Gasteiger partial charge in [0, 0.05) is 13.5 Å². The van der Waals surface area contributed by atoms with E-state index in [0.29, 0.717) is 12.5 Å². The minimum absolute atomic E-state index is 0.0865. The van der Waals surface area contributed by atoms with Gasteiger partial charge in [-0.2, -0.15) is 0 Å². The quantitative estimate of drug-likeness (QED) is 0.337. The van der Waals surface area contributed by atoms with E-state index < -0.39 is 0 Å². The zero-order valence-electron chi connectivity index (χ0n) is 13.8. The van der Waals surface area contributed by atoms with E-state index in [2.05, 4.69) is 11.7 Å². The van der Waals surface area contributed by atoms with Gasteiger partial charge >= 0.3 is 5.97 Å². The van der Waals surface area contributed by atoms with Crippen LogP contribution in [0.15, 0.2) is 0 Å². The third kappa shape index (κ3) is 12.5. The number of unbranched alkanes of at least 4 members (excludes halogenated alkanes) is 7. The third-order valence-electron chi connectivity index (χ3n) is 3.85. The maximum atomic E-state index is 10.9. The van der Waals surface area contributed by atoms with Gasteiger partial charge in [-0.3, -0.25) is 4.79 Å². The molecule has 20 heavy (non-hydrogen) atoms. The van der Waals surface area contributed by atoms with Gasteiger partial charge in [0.05, 0.1) is 13.2 Å². The highest BCUT2D eigenvalue weighted by Gasteiger charge is 2.06. The Kier molecular flexibility index (Phi) is 14.4. The van der Waals surface area contributed by atoms with Gasteiger partial charge in [0.1, 0.15) is 0 Å². The number of methoxy groups -OCH3 is 2. The first-order chi connectivity index (χ1) is 9.74. The van der Waals surface area contributed by atoms with Crippen LogP contribution in [0.2, 0.25) is 0 Å². The number of esters is 1. The van der Waals surface area contributed by atoms with Crippen molar-refractivity contribution in [3.05, 3.63) is 0 Å². The van der Waals surface area contributed by atoms with Gasteiger partial charge in [0.25, 0.3) is 0 Å². The summed E-state index contributed by atoms with van der Waals surface area (Å²) in [6, 6.07) is 0. The Morgan fingerprint density at radius 1 is 0.850 bits per heavy atom. The second kappa shape index (κ2) is 14.8. The second-order valence-corrected chi connectivity index (χ2v) is 5.59. The third-order valence-corrected chi connectivity index (χ3v) is 3.85. The second-order valence-electron chi connectivity index (χ2n) is 5.59. The molecule has 3 nitrogen and oxygen atoms in total. The molecule has 0 rings (SSSR count). The number of hydrogen-bond donors (Lipinski definition) is 0. The van der Waals surface area contributed by atoms with E-state index in [9.17, 15) is 4.79 Å². The predicted molar refractivity (Wildman–Crippen MR) is 83.9 cm³/mol. The van der Waals surface area contributed by atoms with Gasteiger partial charge in [0.15, 0.2) is 0 Å². The van der Waals surface area contributed by atoms with Crippen molar-refractivity contribution in [2.45, 2.75) is 90.1 Å². The molecule has 0 aliphatic carbocycles. The molecule has 0 fully saturated rings. The molecule has 0 aromatic rings. The molecule has 1 unspecified atom stereocenters. The average molecular weight is 286 g/mol. The fraction of sp³-hybridized carbons (Fsp3) is 0.941. The van der Waals surface area contributed by atoms with Crippen molar-refractivity contribution in [1.82, 2.24) is 0 Å². The first kappa shape index (κ1) is 19.4. The lowest BCUT2D eigenvalue weighted by Gasteiger charge is -2.14. The van der Waals surface area contributed by atoms with Crippen LogP contribution in [0, 0.1) is 0 Å². The molecule has 0 aliphatic rings. The SMILES string of the molecule is CCCCCCC(CCCCCCCC(=O)OC)OC. The zero-order valence-corrected chi connectivity index (χ0v) is 13.8. The summed E-state index contributed by atoms with van der Waals surface area (Å²) in [5, 5.41) is 0. The van der Waals surface area contributed by atoms with Crippen molar-refractivity contribution in [1.29, 1.82) is 0 Å². The molecule has 0 radical (unpaired) electrons. The van der Waals surface area contributed by atoms with Crippen molar-refractivity contribution in [3.8, 4) is 0 Å². The summed E-state index contributed by atoms with van der Waals surface area (Å²) in [6.45, 7) is 2.24. The molecule has 0 aromatic heterocycles. The van der Waals surface area contributed by atoms with Crippen LogP contribution >= 0.6 is 0 Å². The molecule has 0 N–H and O–H groups in total. The van der Waals surface area contributed by atoms with Crippen LogP contribution in [-0.2, 0) is 14.3 Å². The molecule has 1 atom stereocenters. The predicted octanol–water partition coefficient (Wildman–Crippen LogP) is 4.88. The Hall–Kier alpha value is -0.570. The van der Waals surface area contributed by atoms with E-state index in [1.807, 2.05) is 7.11 Å². The van der Waals surface area contributed by atoms with Crippen LogP contribution in [0.25, 0.3) is 0 Å². The average Bonchev–Trinajstić information content (AvgIpc) is 2.48. The monoisotopic (exact) mass is 286 g/mol. The topological polar surface area (TPSA) is 35.5 Å². The normalized spacial score (nSPS) is 12.3. The Morgan fingerprint density at radius 2 is 1.40 bits per heavy atom. The van der Waals surface area contributed by atoms with Gasteiger partial charge in [-0.05, 0) is 19.3 Å². The van der Waals surface area contributed by atoms with Gasteiger partial charge in [-0.15, -0.1) is 0 Å². The Morgan fingerprint density at radius 3 is 1.95 bits per heavy atom. The highest BCUT2D eigenvalue weighted by molar-refractivity contribution is 5.68. The Bertz CT molecular complexity index is 216. The molecule has 0 spiro atoms. The lowest BCUT2D eigenvalue weighted by Crippen LogP contribution is -2.10. The first-order valence-electron chi connectivity index (χ1n) is 8.34.